The van der Waals surface area contributed by atoms with Crippen LogP contribution in [0.15, 0.2) is 36.4 Å². The summed E-state index contributed by atoms with van der Waals surface area (Å²) in [5, 5.41) is 14.6. The minimum absolute atomic E-state index is 0.0156. The number of carbonyl (C=O) groups excluding carboxylic acids is 2. The van der Waals surface area contributed by atoms with Crippen molar-refractivity contribution in [1.82, 2.24) is 15.2 Å². The molecule has 0 aliphatic carbocycles. The molecule has 3 rings (SSSR count). The van der Waals surface area contributed by atoms with E-state index >= 15 is 0 Å². The van der Waals surface area contributed by atoms with Gasteiger partial charge < -0.3 is 25.4 Å². The molecule has 0 unspecified atom stereocenters. The normalized spacial score (nSPS) is 14.7. The highest BCUT2D eigenvalue weighted by atomic mass is 19.3. The zero-order valence-electron chi connectivity index (χ0n) is 20.2. The molecule has 1 aromatic heterocycles. The molecule has 1 aromatic carbocycles. The lowest BCUT2D eigenvalue weighted by Gasteiger charge is -2.50. The van der Waals surface area contributed by atoms with Crippen LogP contribution in [-0.2, 0) is 15.0 Å². The summed E-state index contributed by atoms with van der Waals surface area (Å²) in [4.78, 5) is 32.0. The van der Waals surface area contributed by atoms with E-state index in [-0.39, 0.29) is 49.5 Å². The molecular formula is C25H32F2N4O4. The van der Waals surface area contributed by atoms with Crippen LogP contribution in [-0.4, -0.2) is 66.2 Å². The summed E-state index contributed by atoms with van der Waals surface area (Å²) >= 11 is 0. The number of pyridine rings is 1. The fourth-order valence-electron chi connectivity index (χ4n) is 4.26. The first kappa shape index (κ1) is 26.5. The number of alkyl halides is 2. The highest BCUT2D eigenvalue weighted by Gasteiger charge is 2.53. The molecule has 1 fully saturated rings. The molecule has 1 aliphatic rings. The van der Waals surface area contributed by atoms with E-state index in [0.29, 0.717) is 18.8 Å². The Balaban J connectivity index is 1.89. The Morgan fingerprint density at radius 2 is 1.89 bits per heavy atom. The number of nitrogens with one attached hydrogen (secondary N) is 2. The number of hydrogen-bond donors (Lipinski definition) is 3. The summed E-state index contributed by atoms with van der Waals surface area (Å²) in [5.74, 6) is -0.762. The number of halogens is 2. The smallest absolute Gasteiger partial charge is 0.388 e. The van der Waals surface area contributed by atoms with Crippen LogP contribution in [0.3, 0.4) is 0 Å². The summed E-state index contributed by atoms with van der Waals surface area (Å²) in [7, 11) is 0. The van der Waals surface area contributed by atoms with Gasteiger partial charge in [0.2, 0.25) is 17.7 Å². The van der Waals surface area contributed by atoms with Gasteiger partial charge in [-0.25, -0.2) is 4.98 Å². The maximum Gasteiger partial charge on any atom is 0.388 e. The topological polar surface area (TPSA) is 104 Å². The third kappa shape index (κ3) is 6.12. The van der Waals surface area contributed by atoms with Crippen molar-refractivity contribution in [2.45, 2.75) is 45.1 Å². The molecular weight excluding hydrogens is 458 g/mol. The van der Waals surface area contributed by atoms with E-state index in [4.69, 9.17) is 5.11 Å². The zero-order valence-corrected chi connectivity index (χ0v) is 20.2. The molecule has 0 bridgehead atoms. The van der Waals surface area contributed by atoms with Crippen LogP contribution in [0, 0.1) is 6.92 Å². The number of hydrogen-bond acceptors (Lipinski definition) is 6. The van der Waals surface area contributed by atoms with Crippen LogP contribution in [0.4, 0.5) is 14.5 Å². The van der Waals surface area contributed by atoms with Crippen molar-refractivity contribution in [1.29, 1.82) is 0 Å². The van der Waals surface area contributed by atoms with Crippen LogP contribution >= 0.6 is 0 Å². The molecule has 190 valence electrons. The number of anilines is 1. The largest absolute Gasteiger partial charge is 0.415 e. The Morgan fingerprint density at radius 3 is 2.54 bits per heavy atom. The van der Waals surface area contributed by atoms with E-state index in [9.17, 15) is 18.4 Å². The van der Waals surface area contributed by atoms with Gasteiger partial charge in [0.15, 0.2) is 0 Å². The summed E-state index contributed by atoms with van der Waals surface area (Å²) in [6.45, 7) is 3.71. The number of rotatable bonds is 11. The van der Waals surface area contributed by atoms with E-state index in [2.05, 4.69) is 20.4 Å². The van der Waals surface area contributed by atoms with Crippen LogP contribution in [0.2, 0.25) is 0 Å². The standard InChI is InChI=1S/C25H32F2N4O4/c1-16(2)18-6-4-5-7-19(18)25(14-31(15-25)21(33)10-11-28-12-13-32)23(34)30-20-9-8-17(3)29-22(20)35-24(26)27/h4-9,16,24,28,32H,10-15H2,1-3H3,(H,30,34). The lowest BCUT2D eigenvalue weighted by molar-refractivity contribution is -0.144. The minimum Gasteiger partial charge on any atom is -0.415 e. The predicted octanol–water partition coefficient (Wildman–Crippen LogP) is 2.81. The number of ether oxygens (including phenoxy) is 1. The Kier molecular flexibility index (Phi) is 8.74. The molecule has 0 radical (unpaired) electrons. The van der Waals surface area contributed by atoms with Crippen LogP contribution in [0.5, 0.6) is 5.88 Å². The van der Waals surface area contributed by atoms with Crippen molar-refractivity contribution in [3.8, 4) is 5.88 Å². The van der Waals surface area contributed by atoms with Gasteiger partial charge in [0.25, 0.3) is 0 Å². The third-order valence-electron chi connectivity index (χ3n) is 6.06. The van der Waals surface area contributed by atoms with E-state index in [1.807, 2.05) is 38.1 Å². The maximum atomic E-state index is 13.7. The van der Waals surface area contributed by atoms with Gasteiger partial charge in [0.1, 0.15) is 11.1 Å². The molecule has 2 aromatic rings. The summed E-state index contributed by atoms with van der Waals surface area (Å²) in [6, 6.07) is 10.7. The molecule has 1 aliphatic heterocycles. The van der Waals surface area contributed by atoms with Crippen molar-refractivity contribution in [2.24, 2.45) is 0 Å². The van der Waals surface area contributed by atoms with Crippen molar-refractivity contribution < 1.29 is 28.2 Å². The highest BCUT2D eigenvalue weighted by Crippen LogP contribution is 2.40. The zero-order chi connectivity index (χ0) is 25.6. The number of carbonyl (C=O) groups is 2. The molecule has 35 heavy (non-hydrogen) atoms. The Bertz CT molecular complexity index is 1040. The third-order valence-corrected chi connectivity index (χ3v) is 6.06. The van der Waals surface area contributed by atoms with Crippen LogP contribution < -0.4 is 15.4 Å². The van der Waals surface area contributed by atoms with Crippen LogP contribution in [0.25, 0.3) is 0 Å². The Morgan fingerprint density at radius 1 is 1.17 bits per heavy atom. The van der Waals surface area contributed by atoms with E-state index in [1.165, 1.54) is 6.07 Å². The van der Waals surface area contributed by atoms with E-state index < -0.39 is 17.9 Å². The van der Waals surface area contributed by atoms with Crippen molar-refractivity contribution >= 4 is 17.5 Å². The van der Waals surface area contributed by atoms with Gasteiger partial charge in [-0.2, -0.15) is 8.78 Å². The first-order chi connectivity index (χ1) is 16.7. The van der Waals surface area contributed by atoms with Gasteiger partial charge in [-0.3, -0.25) is 9.59 Å². The molecule has 2 heterocycles. The molecule has 0 spiro atoms. The predicted molar refractivity (Wildman–Crippen MR) is 128 cm³/mol. The second kappa shape index (κ2) is 11.5. The van der Waals surface area contributed by atoms with E-state index in [0.717, 1.165) is 11.1 Å². The number of nitrogens with zero attached hydrogens (tertiary/aromatic N) is 2. The quantitative estimate of drug-likeness (QED) is 0.419. The lowest BCUT2D eigenvalue weighted by atomic mass is 9.69. The number of aromatic nitrogens is 1. The SMILES string of the molecule is Cc1ccc(NC(=O)C2(c3ccccc3C(C)C)CN(C(=O)CCNCCO)C2)c(OC(F)F)n1. The number of aliphatic hydroxyl groups excluding tert-OH is 1. The molecule has 0 atom stereocenters. The molecule has 0 saturated carbocycles. The molecule has 10 heteroatoms. The number of aryl methyl sites for hydroxylation is 1. The van der Waals surface area contributed by atoms with Crippen LogP contribution in [0.1, 0.15) is 43.0 Å². The fourth-order valence-corrected chi connectivity index (χ4v) is 4.26. The van der Waals surface area contributed by atoms with Gasteiger partial charge >= 0.3 is 6.61 Å². The van der Waals surface area contributed by atoms with Crippen molar-refractivity contribution in [3.63, 3.8) is 0 Å². The first-order valence-corrected chi connectivity index (χ1v) is 11.6. The second-order valence-electron chi connectivity index (χ2n) is 8.94. The first-order valence-electron chi connectivity index (χ1n) is 11.6. The van der Waals surface area contributed by atoms with Gasteiger partial charge in [-0.15, -0.1) is 0 Å². The van der Waals surface area contributed by atoms with Gasteiger partial charge in [-0.05, 0) is 36.1 Å². The lowest BCUT2D eigenvalue weighted by Crippen LogP contribution is -2.66. The Labute approximate surface area is 203 Å². The molecule has 8 nitrogen and oxygen atoms in total. The van der Waals surface area contributed by atoms with Gasteiger partial charge in [0, 0.05) is 38.3 Å². The number of benzene rings is 1. The summed E-state index contributed by atoms with van der Waals surface area (Å²) in [5.41, 5.74) is 1.23. The van der Waals surface area contributed by atoms with Gasteiger partial charge in [0.05, 0.1) is 6.61 Å². The molecule has 2 amide bonds. The average molecular weight is 491 g/mol. The van der Waals surface area contributed by atoms with E-state index in [1.54, 1.807) is 17.9 Å². The second-order valence-corrected chi connectivity index (χ2v) is 8.94. The van der Waals surface area contributed by atoms with Crippen molar-refractivity contribution in [3.05, 3.63) is 53.2 Å². The number of amides is 2. The molecule has 1 saturated heterocycles. The number of likely N-dealkylation sites (tertiary alicyclic amines) is 1. The summed E-state index contributed by atoms with van der Waals surface area (Å²) < 4.78 is 30.4. The molecule has 3 N–H and O–H groups in total. The van der Waals surface area contributed by atoms with Crippen molar-refractivity contribution in [2.75, 3.05) is 38.1 Å². The van der Waals surface area contributed by atoms with Gasteiger partial charge in [-0.1, -0.05) is 38.1 Å². The number of aliphatic hydroxyl groups is 1. The maximum absolute atomic E-state index is 13.7. The Hall–Kier alpha value is -3.11. The fraction of sp³-hybridized carbons (Fsp3) is 0.480. The monoisotopic (exact) mass is 490 g/mol. The highest BCUT2D eigenvalue weighted by molar-refractivity contribution is 6.02. The summed E-state index contributed by atoms with van der Waals surface area (Å²) in [6.07, 6.45) is 0.234. The average Bonchev–Trinajstić information content (AvgIpc) is 2.77. The minimum atomic E-state index is -3.09.